The number of allylic oxidation sites excluding steroid dienone is 4. The van der Waals surface area contributed by atoms with Gasteiger partial charge < -0.3 is 5.53 Å². The fraction of sp³-hybridized carbons (Fsp3) is 0.746. The average Bonchev–Trinajstić information content (AvgIpc) is 3.67. The van der Waals surface area contributed by atoms with E-state index in [0.29, 0.717) is 0 Å². The molecule has 74 heavy (non-hydrogen) atoms. The maximum absolute atomic E-state index is 12.7. The molecule has 0 amide bonds. The van der Waals surface area contributed by atoms with E-state index < -0.39 is 0 Å². The molecule has 0 radical (unpaired) electrons. The first kappa shape index (κ1) is 67.9. The fourth-order valence-corrected chi connectivity index (χ4v) is 12.7. The first-order valence-electron chi connectivity index (χ1n) is 32.7. The molecule has 0 unspecified atom stereocenters. The van der Waals surface area contributed by atoms with Crippen LogP contribution in [0.3, 0.4) is 0 Å². The van der Waals surface area contributed by atoms with Gasteiger partial charge in [-0.2, -0.15) is 0 Å². The van der Waals surface area contributed by atoms with Gasteiger partial charge >= 0.3 is 155 Å². The number of benzene rings is 2. The zero-order chi connectivity index (χ0) is 53.9. The molecule has 2 aromatic carbocycles. The van der Waals surface area contributed by atoms with E-state index in [-0.39, 0.29) is 0 Å². The Hall–Kier alpha value is -2.25. The van der Waals surface area contributed by atoms with Gasteiger partial charge in [-0.3, -0.25) is 0 Å². The minimum absolute atomic E-state index is 0.993. The van der Waals surface area contributed by atoms with Crippen LogP contribution in [0.1, 0.15) is 338 Å². The molecule has 0 bridgehead atoms. The number of nitrogens with zero attached hydrogens (tertiary/aromatic N) is 2. The molecule has 0 spiro atoms. The van der Waals surface area contributed by atoms with Gasteiger partial charge in [0.25, 0.3) is 0 Å². The molecule has 1 aliphatic heterocycles. The van der Waals surface area contributed by atoms with E-state index in [1.807, 2.05) is 14.4 Å². The van der Waals surface area contributed by atoms with Crippen LogP contribution in [0.5, 0.6) is 0 Å². The molecule has 0 fully saturated rings. The van der Waals surface area contributed by atoms with Crippen molar-refractivity contribution in [3.8, 4) is 0 Å². The van der Waals surface area contributed by atoms with Crippen molar-refractivity contribution in [1.29, 1.82) is 0 Å². The summed E-state index contributed by atoms with van der Waals surface area (Å²) in [4.78, 5) is 0. The predicted octanol–water partition coefficient (Wildman–Crippen LogP) is 24.4. The van der Waals surface area contributed by atoms with Crippen LogP contribution in [-0.2, 0) is 53.0 Å². The Labute approximate surface area is 468 Å². The van der Waals surface area contributed by atoms with Gasteiger partial charge in [0.1, 0.15) is 0 Å². The van der Waals surface area contributed by atoms with Crippen molar-refractivity contribution in [3.05, 3.63) is 97.6 Å². The standard InChI is InChI=1S/C49H76N2.2C11H23.Ni/c1-9-17-19-21-22-23-25-33-47-46(32-24-20-18-10-2)48(42-34-38(26-11-3)44(30-15-7)39(35-42)27-12-4)51(50)49(47)43-36-40(28-13-5)45(31-16-8)41(37-43)29-14-6;2*1-3-5-7-9-11-10-8-6-4-2;/h25,33-37H,9-24,26-32H2,1-8H3;2*1,3-11H2,2H3;. The van der Waals surface area contributed by atoms with Crippen LogP contribution in [-0.4, -0.2) is 4.70 Å². The Morgan fingerprint density at radius 3 is 1.04 bits per heavy atom. The molecule has 0 saturated heterocycles. The molecular formula is C71H122N2Ni. The molecule has 2 aromatic rings. The second-order valence-electron chi connectivity index (χ2n) is 22.5. The van der Waals surface area contributed by atoms with Gasteiger partial charge in [0.15, 0.2) is 0 Å². The summed E-state index contributed by atoms with van der Waals surface area (Å²) in [6.45, 7) is 23.0. The molecule has 1 heterocycles. The molecule has 1 aliphatic rings. The molecule has 0 aliphatic carbocycles. The minimum atomic E-state index is 0.993. The Morgan fingerprint density at radius 1 is 0.351 bits per heavy atom. The zero-order valence-electron chi connectivity index (χ0n) is 51.1. The quantitative estimate of drug-likeness (QED) is 0.0359. The number of hydrogen-bond donors (Lipinski definition) is 0. The van der Waals surface area contributed by atoms with E-state index in [0.717, 1.165) is 108 Å². The monoisotopic (exact) mass is 1060 g/mol. The molecule has 426 valence electrons. The first-order valence-corrected chi connectivity index (χ1v) is 34.1. The second-order valence-corrected chi connectivity index (χ2v) is 24.0. The molecule has 0 aromatic heterocycles. The van der Waals surface area contributed by atoms with Crippen molar-refractivity contribution >= 4 is 11.4 Å². The van der Waals surface area contributed by atoms with E-state index >= 15 is 0 Å². The third-order valence-electron chi connectivity index (χ3n) is 15.5. The van der Waals surface area contributed by atoms with E-state index in [4.69, 9.17) is 0 Å². The van der Waals surface area contributed by atoms with Gasteiger partial charge in [-0.25, -0.2) is 4.70 Å². The molecule has 0 N–H and O–H groups in total. The second kappa shape index (κ2) is 45.7. The van der Waals surface area contributed by atoms with Gasteiger partial charge in [-0.15, -0.1) is 0 Å². The summed E-state index contributed by atoms with van der Waals surface area (Å²) in [6, 6.07) is 9.84. The molecule has 3 rings (SSSR count). The van der Waals surface area contributed by atoms with Crippen LogP contribution in [0.4, 0.5) is 0 Å². The van der Waals surface area contributed by atoms with Crippen molar-refractivity contribution in [3.63, 3.8) is 0 Å². The van der Waals surface area contributed by atoms with E-state index in [9.17, 15) is 5.53 Å². The van der Waals surface area contributed by atoms with Crippen molar-refractivity contribution in [2.45, 2.75) is 343 Å². The van der Waals surface area contributed by atoms with Crippen LogP contribution < -0.4 is 0 Å². The van der Waals surface area contributed by atoms with Crippen LogP contribution >= 0.6 is 0 Å². The summed E-state index contributed by atoms with van der Waals surface area (Å²) in [6.07, 6.45) is 58.0. The SMILES string of the molecule is CCCCCCCC=CC1=C(c2cc(CCC)c(CCC)c(CCC)c2)[N+](=[N-])C(c2cc(CCC)c(CCC)c(CCC)c2)=C1CCCCCC.CCCCCCCCCC[CH2][Ni][CH2]CCCCCCCCCC. The van der Waals surface area contributed by atoms with Crippen LogP contribution in [0.25, 0.3) is 16.9 Å². The summed E-state index contributed by atoms with van der Waals surface area (Å²) < 4.78 is 1.65. The number of unbranched alkanes of at least 4 members (excludes halogenated alkanes) is 24. The predicted molar refractivity (Wildman–Crippen MR) is 330 cm³/mol. The first-order chi connectivity index (χ1) is 36.3. The van der Waals surface area contributed by atoms with Gasteiger partial charge in [0.05, 0.1) is 5.57 Å². The third-order valence-corrected chi connectivity index (χ3v) is 16.9. The van der Waals surface area contributed by atoms with Gasteiger partial charge in [0.2, 0.25) is 11.4 Å². The number of aryl methyl sites for hydroxylation is 4. The fourth-order valence-electron chi connectivity index (χ4n) is 11.4. The van der Waals surface area contributed by atoms with Gasteiger partial charge in [-0.1, -0.05) is 151 Å². The third kappa shape index (κ3) is 26.9. The summed E-state index contributed by atoms with van der Waals surface area (Å²) in [5.74, 6) is 0. The van der Waals surface area contributed by atoms with Gasteiger partial charge in [0, 0.05) is 16.7 Å². The van der Waals surface area contributed by atoms with Crippen molar-refractivity contribution < 1.29 is 19.1 Å². The van der Waals surface area contributed by atoms with Gasteiger partial charge in [-0.05, 0) is 122 Å². The summed E-state index contributed by atoms with van der Waals surface area (Å²) >= 11 is 2.03. The van der Waals surface area contributed by atoms with E-state index in [1.165, 1.54) is 222 Å². The maximum atomic E-state index is 12.7. The Kier molecular flexibility index (Phi) is 41.9. The summed E-state index contributed by atoms with van der Waals surface area (Å²) in [5.41, 5.74) is 28.8. The van der Waals surface area contributed by atoms with Crippen molar-refractivity contribution in [2.75, 3.05) is 0 Å². The summed E-state index contributed by atoms with van der Waals surface area (Å²) in [5, 5.41) is 2.86. The summed E-state index contributed by atoms with van der Waals surface area (Å²) in [7, 11) is 0. The topological polar surface area (TPSA) is 25.3 Å². The average molecular weight is 1060 g/mol. The zero-order valence-corrected chi connectivity index (χ0v) is 52.1. The van der Waals surface area contributed by atoms with Crippen molar-refractivity contribution in [1.82, 2.24) is 0 Å². The molecular weight excluding hydrogens is 939 g/mol. The van der Waals surface area contributed by atoms with Crippen LogP contribution in [0, 0.1) is 0 Å². The van der Waals surface area contributed by atoms with Crippen molar-refractivity contribution in [2.24, 2.45) is 0 Å². The molecule has 0 saturated carbocycles. The van der Waals surface area contributed by atoms with E-state index in [1.54, 1.807) is 15.8 Å². The number of hydrogen-bond acceptors (Lipinski definition) is 0. The Bertz CT molecular complexity index is 1750. The molecule has 3 heteroatoms. The number of rotatable bonds is 46. The van der Waals surface area contributed by atoms with Crippen LogP contribution in [0.15, 0.2) is 47.6 Å². The molecule has 0 atom stereocenters. The van der Waals surface area contributed by atoms with E-state index in [2.05, 4.69) is 106 Å². The molecule has 2 nitrogen and oxygen atoms in total. The normalized spacial score (nSPS) is 12.9. The Balaban J connectivity index is 0.000000684. The Morgan fingerprint density at radius 2 is 0.676 bits per heavy atom. The van der Waals surface area contributed by atoms with Crippen LogP contribution in [0.2, 0.25) is 10.8 Å².